The van der Waals surface area contributed by atoms with Gasteiger partial charge in [0.05, 0.1) is 25.5 Å². The lowest BCUT2D eigenvalue weighted by atomic mass is 10.2. The van der Waals surface area contributed by atoms with E-state index < -0.39 is 32.5 Å². The molecule has 208 valence electrons. The summed E-state index contributed by atoms with van der Waals surface area (Å²) in [5, 5.41) is 3.14. The Bertz CT molecular complexity index is 1750. The molecular formula is C27H22Cl3N3O5S2. The molecule has 0 saturated carbocycles. The van der Waals surface area contributed by atoms with E-state index in [0.717, 1.165) is 9.87 Å². The number of amides is 1. The van der Waals surface area contributed by atoms with Crippen LogP contribution in [0.4, 0.5) is 17.1 Å². The standard InChI is InChI=1S/C27H22Cl3N3O5S2/c1-18-5-13-23(14-6-18)40(37,38)33(25-4-2-3-24(29)27(25)30)17-26(34)31-20-11-15-22(16-12-20)39(35,36)32-21-9-7-19(28)8-10-21/h2-16,32H,17H2,1H3,(H,31,34). The van der Waals surface area contributed by atoms with Gasteiger partial charge in [0, 0.05) is 16.4 Å². The molecule has 0 aliphatic heterocycles. The van der Waals surface area contributed by atoms with Gasteiger partial charge in [0.15, 0.2) is 0 Å². The Morgan fingerprint density at radius 2 is 1.32 bits per heavy atom. The fourth-order valence-corrected chi connectivity index (χ4v) is 6.67. The molecule has 4 rings (SSSR count). The Hall–Kier alpha value is -3.28. The molecule has 0 atom stereocenters. The molecule has 8 nitrogen and oxygen atoms in total. The molecule has 0 heterocycles. The summed E-state index contributed by atoms with van der Waals surface area (Å²) >= 11 is 18.3. The van der Waals surface area contributed by atoms with E-state index in [1.54, 1.807) is 24.3 Å². The maximum absolute atomic E-state index is 13.6. The van der Waals surface area contributed by atoms with Crippen LogP contribution in [0.25, 0.3) is 0 Å². The minimum atomic E-state index is -4.22. The number of aryl methyl sites for hydroxylation is 1. The third-order valence-corrected chi connectivity index (χ3v) is 9.87. The van der Waals surface area contributed by atoms with Crippen LogP contribution in [-0.4, -0.2) is 29.3 Å². The van der Waals surface area contributed by atoms with Gasteiger partial charge in [0.2, 0.25) is 5.91 Å². The van der Waals surface area contributed by atoms with Gasteiger partial charge in [0.1, 0.15) is 6.54 Å². The van der Waals surface area contributed by atoms with Gasteiger partial charge in [-0.15, -0.1) is 0 Å². The first kappa shape index (κ1) is 29.7. The van der Waals surface area contributed by atoms with Gasteiger partial charge in [-0.3, -0.25) is 13.8 Å². The molecule has 2 N–H and O–H groups in total. The normalized spacial score (nSPS) is 11.6. The number of benzene rings is 4. The Labute approximate surface area is 247 Å². The highest BCUT2D eigenvalue weighted by Crippen LogP contribution is 2.35. The van der Waals surface area contributed by atoms with Crippen LogP contribution in [0.15, 0.2) is 101 Å². The van der Waals surface area contributed by atoms with Gasteiger partial charge in [-0.2, -0.15) is 0 Å². The first-order valence-corrected chi connectivity index (χ1v) is 15.6. The van der Waals surface area contributed by atoms with Crippen LogP contribution in [0.5, 0.6) is 0 Å². The summed E-state index contributed by atoms with van der Waals surface area (Å²) in [6.07, 6.45) is 0. The maximum Gasteiger partial charge on any atom is 0.264 e. The topological polar surface area (TPSA) is 113 Å². The number of carbonyl (C=O) groups excluding carboxylic acids is 1. The van der Waals surface area contributed by atoms with E-state index in [2.05, 4.69) is 10.0 Å². The monoisotopic (exact) mass is 637 g/mol. The second-order valence-corrected chi connectivity index (χ2v) is 13.3. The molecule has 0 saturated heterocycles. The lowest BCUT2D eigenvalue weighted by Gasteiger charge is -2.25. The van der Waals surface area contributed by atoms with Crippen LogP contribution in [0.1, 0.15) is 5.56 Å². The summed E-state index contributed by atoms with van der Waals surface area (Å²) < 4.78 is 55.9. The number of carbonyl (C=O) groups is 1. The van der Waals surface area contributed by atoms with Gasteiger partial charge >= 0.3 is 0 Å². The molecule has 0 spiro atoms. The van der Waals surface area contributed by atoms with Crippen molar-refractivity contribution >= 4 is 77.8 Å². The second-order valence-electron chi connectivity index (χ2n) is 8.58. The number of nitrogens with one attached hydrogen (secondary N) is 2. The van der Waals surface area contributed by atoms with Gasteiger partial charge in [-0.1, -0.05) is 58.6 Å². The molecule has 40 heavy (non-hydrogen) atoms. The van der Waals surface area contributed by atoms with Crippen molar-refractivity contribution in [1.29, 1.82) is 0 Å². The fraction of sp³-hybridized carbons (Fsp3) is 0.0741. The lowest BCUT2D eigenvalue weighted by Crippen LogP contribution is -2.38. The average Bonchev–Trinajstić information content (AvgIpc) is 2.91. The molecule has 4 aromatic carbocycles. The summed E-state index contributed by atoms with van der Waals surface area (Å²) in [5.41, 5.74) is 1.47. The molecule has 4 aromatic rings. The van der Waals surface area contributed by atoms with Gasteiger partial charge in [-0.05, 0) is 79.7 Å². The van der Waals surface area contributed by atoms with E-state index in [1.807, 2.05) is 6.92 Å². The lowest BCUT2D eigenvalue weighted by molar-refractivity contribution is -0.114. The van der Waals surface area contributed by atoms with Crippen LogP contribution < -0.4 is 14.3 Å². The van der Waals surface area contributed by atoms with Crippen molar-refractivity contribution in [3.05, 3.63) is 112 Å². The fourth-order valence-electron chi connectivity index (χ4n) is 3.60. The number of hydrogen-bond donors (Lipinski definition) is 2. The minimum absolute atomic E-state index is 0.0274. The minimum Gasteiger partial charge on any atom is -0.325 e. The van der Waals surface area contributed by atoms with Gasteiger partial charge in [-0.25, -0.2) is 16.8 Å². The zero-order valence-corrected chi connectivity index (χ0v) is 24.7. The Morgan fingerprint density at radius 3 is 1.95 bits per heavy atom. The smallest absolute Gasteiger partial charge is 0.264 e. The van der Waals surface area contributed by atoms with E-state index in [9.17, 15) is 21.6 Å². The number of hydrogen-bond acceptors (Lipinski definition) is 5. The number of sulfonamides is 2. The maximum atomic E-state index is 13.6. The van der Waals surface area contributed by atoms with Crippen molar-refractivity contribution in [1.82, 2.24) is 0 Å². The molecule has 1 amide bonds. The second kappa shape index (κ2) is 12.1. The van der Waals surface area contributed by atoms with Gasteiger partial charge < -0.3 is 5.32 Å². The summed E-state index contributed by atoms with van der Waals surface area (Å²) in [6, 6.07) is 22.2. The van der Waals surface area contributed by atoms with Crippen LogP contribution in [0.2, 0.25) is 15.1 Å². The van der Waals surface area contributed by atoms with Crippen LogP contribution in [0, 0.1) is 6.92 Å². The van der Waals surface area contributed by atoms with E-state index in [4.69, 9.17) is 34.8 Å². The third kappa shape index (κ3) is 6.89. The largest absolute Gasteiger partial charge is 0.325 e. The van der Waals surface area contributed by atoms with Crippen molar-refractivity contribution < 1.29 is 21.6 Å². The van der Waals surface area contributed by atoms with Crippen LogP contribution in [0.3, 0.4) is 0 Å². The van der Waals surface area contributed by atoms with Crippen molar-refractivity contribution in [2.75, 3.05) is 20.9 Å². The number of anilines is 3. The molecule has 0 bridgehead atoms. The Kier molecular flexibility index (Phi) is 8.96. The summed E-state index contributed by atoms with van der Waals surface area (Å²) in [5.74, 6) is -0.693. The highest BCUT2D eigenvalue weighted by molar-refractivity contribution is 7.93. The van der Waals surface area contributed by atoms with E-state index in [1.165, 1.54) is 66.7 Å². The van der Waals surface area contributed by atoms with E-state index in [-0.39, 0.29) is 31.2 Å². The third-order valence-electron chi connectivity index (χ3n) is 5.64. The Morgan fingerprint density at radius 1 is 0.750 bits per heavy atom. The first-order valence-electron chi connectivity index (χ1n) is 11.6. The van der Waals surface area contributed by atoms with Gasteiger partial charge in [0.25, 0.3) is 20.0 Å². The highest BCUT2D eigenvalue weighted by atomic mass is 35.5. The molecule has 0 aliphatic carbocycles. The summed E-state index contributed by atoms with van der Waals surface area (Å²) in [7, 11) is -8.13. The predicted molar refractivity (Wildman–Crippen MR) is 160 cm³/mol. The predicted octanol–water partition coefficient (Wildman–Crippen LogP) is 6.59. The van der Waals surface area contributed by atoms with Crippen molar-refractivity contribution in [2.45, 2.75) is 16.7 Å². The summed E-state index contributed by atoms with van der Waals surface area (Å²) in [6.45, 7) is 1.19. The zero-order valence-electron chi connectivity index (χ0n) is 20.8. The molecule has 0 aromatic heterocycles. The van der Waals surface area contributed by atoms with E-state index in [0.29, 0.717) is 10.7 Å². The van der Waals surface area contributed by atoms with Crippen LogP contribution in [-0.2, 0) is 24.8 Å². The quantitative estimate of drug-likeness (QED) is 0.215. The van der Waals surface area contributed by atoms with Crippen molar-refractivity contribution in [3.8, 4) is 0 Å². The van der Waals surface area contributed by atoms with Crippen molar-refractivity contribution in [2.24, 2.45) is 0 Å². The molecule has 13 heteroatoms. The highest BCUT2D eigenvalue weighted by Gasteiger charge is 2.29. The molecular weight excluding hydrogens is 617 g/mol. The number of nitrogens with zero attached hydrogens (tertiary/aromatic N) is 1. The van der Waals surface area contributed by atoms with Crippen LogP contribution >= 0.6 is 34.8 Å². The summed E-state index contributed by atoms with van der Waals surface area (Å²) in [4.78, 5) is 13.0. The van der Waals surface area contributed by atoms with Crippen molar-refractivity contribution in [3.63, 3.8) is 0 Å². The van der Waals surface area contributed by atoms with E-state index >= 15 is 0 Å². The zero-order chi connectivity index (χ0) is 29.1. The Balaban J connectivity index is 1.56. The number of halogens is 3. The average molecular weight is 639 g/mol. The molecule has 0 unspecified atom stereocenters. The first-order chi connectivity index (χ1) is 18.9. The SMILES string of the molecule is Cc1ccc(S(=O)(=O)N(CC(=O)Nc2ccc(S(=O)(=O)Nc3ccc(Cl)cc3)cc2)c2cccc(Cl)c2Cl)cc1. The molecule has 0 aliphatic rings. The number of rotatable bonds is 9. The molecule has 0 radical (unpaired) electrons. The molecule has 0 fully saturated rings.